The molecular weight excluding hydrogens is 216 g/mol. The van der Waals surface area contributed by atoms with Crippen molar-refractivity contribution >= 4 is 11.8 Å². The normalized spacial score (nSPS) is 10.1. The number of hydrogen-bond donors (Lipinski definition) is 0. The highest BCUT2D eigenvalue weighted by atomic mass is 32.2. The quantitative estimate of drug-likeness (QED) is 0.783. The lowest BCUT2D eigenvalue weighted by molar-refractivity contribution is 0.404. The van der Waals surface area contributed by atoms with E-state index in [-0.39, 0.29) is 0 Å². The van der Waals surface area contributed by atoms with E-state index < -0.39 is 0 Å². The largest absolute Gasteiger partial charge is 0.496 e. The highest BCUT2D eigenvalue weighted by Crippen LogP contribution is 2.35. The third kappa shape index (κ3) is 2.58. The average molecular weight is 230 g/mol. The topological polar surface area (TPSA) is 9.23 Å². The van der Waals surface area contributed by atoms with E-state index in [4.69, 9.17) is 4.74 Å². The maximum absolute atomic E-state index is 5.38. The molecule has 2 aromatic rings. The number of hydrogen-bond acceptors (Lipinski definition) is 2. The van der Waals surface area contributed by atoms with Crippen molar-refractivity contribution in [2.24, 2.45) is 0 Å². The summed E-state index contributed by atoms with van der Waals surface area (Å²) in [7, 11) is 1.71. The molecule has 82 valence electrons. The highest BCUT2D eigenvalue weighted by molar-refractivity contribution is 7.99. The molecule has 0 saturated heterocycles. The molecular formula is C14H14OS. The summed E-state index contributed by atoms with van der Waals surface area (Å²) < 4.78 is 5.38. The van der Waals surface area contributed by atoms with Crippen LogP contribution >= 0.6 is 11.8 Å². The fourth-order valence-corrected chi connectivity index (χ4v) is 2.40. The first kappa shape index (κ1) is 11.1. The Bertz CT molecular complexity index is 465. The van der Waals surface area contributed by atoms with Crippen LogP contribution in [0.1, 0.15) is 5.56 Å². The monoisotopic (exact) mass is 230 g/mol. The second-order valence-corrected chi connectivity index (χ2v) is 4.68. The first-order chi connectivity index (χ1) is 7.79. The molecule has 0 unspecified atom stereocenters. The minimum absolute atomic E-state index is 0.939. The average Bonchev–Trinajstić information content (AvgIpc) is 2.33. The molecule has 2 aromatic carbocycles. The molecule has 2 heteroatoms. The minimum atomic E-state index is 0.939. The molecule has 0 aromatic heterocycles. The lowest BCUT2D eigenvalue weighted by atomic mass is 10.2. The van der Waals surface area contributed by atoms with Crippen LogP contribution in [0.2, 0.25) is 0 Å². The van der Waals surface area contributed by atoms with E-state index in [1.165, 1.54) is 10.5 Å². The van der Waals surface area contributed by atoms with Gasteiger partial charge in [0.2, 0.25) is 0 Å². The van der Waals surface area contributed by atoms with Gasteiger partial charge in [-0.15, -0.1) is 0 Å². The van der Waals surface area contributed by atoms with Gasteiger partial charge in [0.25, 0.3) is 0 Å². The lowest BCUT2D eigenvalue weighted by Gasteiger charge is -2.08. The molecule has 0 aliphatic carbocycles. The van der Waals surface area contributed by atoms with Crippen LogP contribution in [-0.2, 0) is 0 Å². The van der Waals surface area contributed by atoms with Crippen molar-refractivity contribution in [2.75, 3.05) is 7.11 Å². The standard InChI is InChI=1S/C14H14OS/c1-11-8-9-14(13(10-11)15-2)16-12-6-4-3-5-7-12/h3-10H,1-2H3. The van der Waals surface area contributed by atoms with E-state index in [0.717, 1.165) is 10.6 Å². The molecule has 0 saturated carbocycles. The molecule has 2 rings (SSSR count). The summed E-state index contributed by atoms with van der Waals surface area (Å²) in [6.45, 7) is 2.07. The maximum atomic E-state index is 5.38. The van der Waals surface area contributed by atoms with Gasteiger partial charge in [-0.25, -0.2) is 0 Å². The van der Waals surface area contributed by atoms with Crippen LogP contribution in [0.25, 0.3) is 0 Å². The summed E-state index contributed by atoms with van der Waals surface area (Å²) in [5.41, 5.74) is 1.22. The van der Waals surface area contributed by atoms with Crippen LogP contribution in [0.4, 0.5) is 0 Å². The van der Waals surface area contributed by atoms with Gasteiger partial charge >= 0.3 is 0 Å². The third-order valence-corrected chi connectivity index (χ3v) is 3.36. The van der Waals surface area contributed by atoms with Gasteiger partial charge in [-0.2, -0.15) is 0 Å². The van der Waals surface area contributed by atoms with Crippen LogP contribution in [0.5, 0.6) is 5.75 Å². The summed E-state index contributed by atoms with van der Waals surface area (Å²) >= 11 is 1.72. The molecule has 0 radical (unpaired) electrons. The molecule has 0 N–H and O–H groups in total. The van der Waals surface area contributed by atoms with Gasteiger partial charge in [-0.1, -0.05) is 36.0 Å². The second kappa shape index (κ2) is 5.08. The van der Waals surface area contributed by atoms with Crippen molar-refractivity contribution in [1.82, 2.24) is 0 Å². The molecule has 16 heavy (non-hydrogen) atoms. The third-order valence-electron chi connectivity index (χ3n) is 2.29. The van der Waals surface area contributed by atoms with Gasteiger partial charge in [0.1, 0.15) is 5.75 Å². The van der Waals surface area contributed by atoms with Gasteiger partial charge in [0, 0.05) is 4.90 Å². The molecule has 0 atom stereocenters. The molecule has 0 amide bonds. The zero-order chi connectivity index (χ0) is 11.4. The molecule has 0 spiro atoms. The van der Waals surface area contributed by atoms with E-state index in [1.54, 1.807) is 18.9 Å². The SMILES string of the molecule is COc1cc(C)ccc1Sc1ccccc1. The molecule has 0 heterocycles. The van der Waals surface area contributed by atoms with E-state index in [0.29, 0.717) is 0 Å². The number of methoxy groups -OCH3 is 1. The Kier molecular flexibility index (Phi) is 3.52. The molecule has 0 aliphatic rings. The molecule has 0 fully saturated rings. The van der Waals surface area contributed by atoms with E-state index in [9.17, 15) is 0 Å². The lowest BCUT2D eigenvalue weighted by Crippen LogP contribution is -1.87. The van der Waals surface area contributed by atoms with Crippen LogP contribution in [-0.4, -0.2) is 7.11 Å². The van der Waals surface area contributed by atoms with E-state index >= 15 is 0 Å². The highest BCUT2D eigenvalue weighted by Gasteiger charge is 2.04. The summed E-state index contributed by atoms with van der Waals surface area (Å²) in [5.74, 6) is 0.939. The molecule has 0 aliphatic heterocycles. The Labute approximate surface area is 100 Å². The van der Waals surface area contributed by atoms with Gasteiger partial charge in [0.15, 0.2) is 0 Å². The fraction of sp³-hybridized carbons (Fsp3) is 0.143. The first-order valence-electron chi connectivity index (χ1n) is 5.17. The first-order valence-corrected chi connectivity index (χ1v) is 5.99. The number of rotatable bonds is 3. The van der Waals surface area contributed by atoms with Crippen LogP contribution in [0.15, 0.2) is 58.3 Å². The van der Waals surface area contributed by atoms with Gasteiger partial charge < -0.3 is 4.74 Å². The van der Waals surface area contributed by atoms with E-state index in [1.807, 2.05) is 18.2 Å². The predicted octanol–water partition coefficient (Wildman–Crippen LogP) is 4.15. The summed E-state index contributed by atoms with van der Waals surface area (Å²) in [6.07, 6.45) is 0. The van der Waals surface area contributed by atoms with Crippen molar-refractivity contribution in [3.63, 3.8) is 0 Å². The Morgan fingerprint density at radius 2 is 1.75 bits per heavy atom. The van der Waals surface area contributed by atoms with Crippen molar-refractivity contribution in [3.05, 3.63) is 54.1 Å². The predicted molar refractivity (Wildman–Crippen MR) is 68.3 cm³/mol. The van der Waals surface area contributed by atoms with Crippen molar-refractivity contribution in [2.45, 2.75) is 16.7 Å². The second-order valence-electron chi connectivity index (χ2n) is 3.57. The zero-order valence-corrected chi connectivity index (χ0v) is 10.3. The smallest absolute Gasteiger partial charge is 0.133 e. The number of benzene rings is 2. The van der Waals surface area contributed by atoms with Crippen LogP contribution in [0, 0.1) is 6.92 Å². The van der Waals surface area contributed by atoms with Crippen LogP contribution in [0.3, 0.4) is 0 Å². The Hall–Kier alpha value is -1.41. The van der Waals surface area contributed by atoms with Crippen molar-refractivity contribution < 1.29 is 4.74 Å². The van der Waals surface area contributed by atoms with Gasteiger partial charge in [-0.3, -0.25) is 0 Å². The van der Waals surface area contributed by atoms with Crippen molar-refractivity contribution in [1.29, 1.82) is 0 Å². The van der Waals surface area contributed by atoms with Gasteiger partial charge in [-0.05, 0) is 36.8 Å². The number of aryl methyl sites for hydroxylation is 1. The summed E-state index contributed by atoms with van der Waals surface area (Å²) in [4.78, 5) is 2.38. The molecule has 1 nitrogen and oxygen atoms in total. The fourth-order valence-electron chi connectivity index (χ4n) is 1.47. The zero-order valence-electron chi connectivity index (χ0n) is 9.44. The summed E-state index contributed by atoms with van der Waals surface area (Å²) in [5, 5.41) is 0. The number of ether oxygens (including phenoxy) is 1. The Balaban J connectivity index is 2.28. The van der Waals surface area contributed by atoms with Gasteiger partial charge in [0.05, 0.1) is 12.0 Å². The maximum Gasteiger partial charge on any atom is 0.133 e. The molecule has 0 bridgehead atoms. The van der Waals surface area contributed by atoms with E-state index in [2.05, 4.69) is 37.3 Å². The Morgan fingerprint density at radius 3 is 2.44 bits per heavy atom. The van der Waals surface area contributed by atoms with Crippen LogP contribution < -0.4 is 4.74 Å². The Morgan fingerprint density at radius 1 is 1.00 bits per heavy atom. The minimum Gasteiger partial charge on any atom is -0.496 e. The summed E-state index contributed by atoms with van der Waals surface area (Å²) in [6, 6.07) is 16.6. The van der Waals surface area contributed by atoms with Crippen molar-refractivity contribution in [3.8, 4) is 5.75 Å².